The first-order valence-corrected chi connectivity index (χ1v) is 4.41. The van der Waals surface area contributed by atoms with Crippen LogP contribution in [0.5, 0.6) is 0 Å². The van der Waals surface area contributed by atoms with Crippen molar-refractivity contribution in [1.29, 1.82) is 0 Å². The van der Waals surface area contributed by atoms with Gasteiger partial charge in [0.15, 0.2) is 0 Å². The highest BCUT2D eigenvalue weighted by Gasteiger charge is 2.49. The Kier molecular flexibility index (Phi) is 1.53. The maximum atomic E-state index is 11.2. The number of hydrogen-bond donors (Lipinski definition) is 0. The molecular weight excluding hydrogens is 138 g/mol. The number of carbonyl (C=O) groups excluding carboxylic acids is 1. The third kappa shape index (κ3) is 1.09. The van der Waals surface area contributed by atoms with Gasteiger partial charge in [0.05, 0.1) is 6.04 Å². The molecule has 62 valence electrons. The fraction of sp³-hybridized carbons (Fsp3) is 0.889. The molecule has 0 bridgehead atoms. The van der Waals surface area contributed by atoms with E-state index in [2.05, 4.69) is 11.9 Å². The summed E-state index contributed by atoms with van der Waals surface area (Å²) in [6.07, 6.45) is 2.61. The number of fused-ring (bicyclic) bond motifs is 1. The van der Waals surface area contributed by atoms with Crippen LogP contribution in [0.3, 0.4) is 0 Å². The molecular formula is C9H15NO. The lowest BCUT2D eigenvalue weighted by atomic mass is 10.00. The van der Waals surface area contributed by atoms with Crippen LogP contribution in [-0.2, 0) is 4.79 Å². The number of Topliss-reactive ketones (excluding diaryl/α,β-unsaturated/α-hetero) is 1. The molecule has 0 aromatic carbocycles. The Hall–Kier alpha value is -0.370. The van der Waals surface area contributed by atoms with Gasteiger partial charge in [0.25, 0.3) is 0 Å². The molecule has 11 heavy (non-hydrogen) atoms. The van der Waals surface area contributed by atoms with E-state index in [1.165, 1.54) is 12.8 Å². The van der Waals surface area contributed by atoms with Crippen molar-refractivity contribution in [2.45, 2.75) is 25.8 Å². The summed E-state index contributed by atoms with van der Waals surface area (Å²) < 4.78 is 0. The van der Waals surface area contributed by atoms with E-state index < -0.39 is 0 Å². The Morgan fingerprint density at radius 1 is 1.55 bits per heavy atom. The molecule has 2 fully saturated rings. The van der Waals surface area contributed by atoms with E-state index >= 15 is 0 Å². The predicted octanol–water partition coefficient (Wildman–Crippen LogP) is 0.916. The summed E-state index contributed by atoms with van der Waals surface area (Å²) >= 11 is 0. The van der Waals surface area contributed by atoms with Gasteiger partial charge in [-0.1, -0.05) is 0 Å². The Morgan fingerprint density at radius 3 is 2.82 bits per heavy atom. The summed E-state index contributed by atoms with van der Waals surface area (Å²) in [5, 5.41) is 0. The van der Waals surface area contributed by atoms with Gasteiger partial charge in [-0.05, 0) is 45.2 Å². The summed E-state index contributed by atoms with van der Waals surface area (Å²) in [7, 11) is 2.07. The number of likely N-dealkylation sites (N-methyl/N-ethyl adjacent to an activating group) is 1. The first-order chi connectivity index (χ1) is 5.20. The van der Waals surface area contributed by atoms with Crippen molar-refractivity contribution in [1.82, 2.24) is 4.90 Å². The van der Waals surface area contributed by atoms with E-state index in [0.717, 1.165) is 12.5 Å². The van der Waals surface area contributed by atoms with Crippen LogP contribution in [0.1, 0.15) is 19.8 Å². The first-order valence-electron chi connectivity index (χ1n) is 4.41. The third-order valence-electron chi connectivity index (χ3n) is 3.13. The maximum absolute atomic E-state index is 11.2. The van der Waals surface area contributed by atoms with Crippen LogP contribution in [0.2, 0.25) is 0 Å². The topological polar surface area (TPSA) is 20.3 Å². The second-order valence-corrected chi connectivity index (χ2v) is 3.98. The van der Waals surface area contributed by atoms with Crippen molar-refractivity contribution in [2.75, 3.05) is 13.6 Å². The Labute approximate surface area is 67.6 Å². The van der Waals surface area contributed by atoms with E-state index in [9.17, 15) is 4.79 Å². The van der Waals surface area contributed by atoms with Crippen LogP contribution in [0.15, 0.2) is 0 Å². The summed E-state index contributed by atoms with van der Waals surface area (Å²) in [4.78, 5) is 13.4. The van der Waals surface area contributed by atoms with Gasteiger partial charge >= 0.3 is 0 Å². The molecule has 0 aromatic heterocycles. The summed E-state index contributed by atoms with van der Waals surface area (Å²) in [5.41, 5.74) is 0. The lowest BCUT2D eigenvalue weighted by Gasteiger charge is -2.30. The second kappa shape index (κ2) is 2.31. The first kappa shape index (κ1) is 7.29. The quantitative estimate of drug-likeness (QED) is 0.558. The summed E-state index contributed by atoms with van der Waals surface area (Å²) in [6.45, 7) is 2.84. The van der Waals surface area contributed by atoms with Gasteiger partial charge in [0.2, 0.25) is 0 Å². The molecule has 3 atom stereocenters. The molecule has 2 nitrogen and oxygen atoms in total. The van der Waals surface area contributed by atoms with Gasteiger partial charge < -0.3 is 0 Å². The van der Waals surface area contributed by atoms with Gasteiger partial charge in [0.1, 0.15) is 5.78 Å². The number of nitrogens with zero attached hydrogens (tertiary/aromatic N) is 1. The molecule has 0 aromatic rings. The number of rotatable bonds is 1. The second-order valence-electron chi connectivity index (χ2n) is 3.98. The zero-order valence-electron chi connectivity index (χ0n) is 7.21. The molecule has 0 radical (unpaired) electrons. The fourth-order valence-corrected chi connectivity index (χ4v) is 2.44. The van der Waals surface area contributed by atoms with Crippen molar-refractivity contribution in [2.24, 2.45) is 11.8 Å². The molecule has 1 saturated heterocycles. The molecule has 3 unspecified atom stereocenters. The van der Waals surface area contributed by atoms with Crippen LogP contribution >= 0.6 is 0 Å². The molecule has 2 aliphatic rings. The molecule has 0 amide bonds. The van der Waals surface area contributed by atoms with Crippen molar-refractivity contribution in [3.63, 3.8) is 0 Å². The van der Waals surface area contributed by atoms with Crippen LogP contribution in [0.4, 0.5) is 0 Å². The Morgan fingerprint density at radius 2 is 2.27 bits per heavy atom. The van der Waals surface area contributed by atoms with Crippen LogP contribution in [0, 0.1) is 11.8 Å². The largest absolute Gasteiger partial charge is 0.298 e. The molecule has 2 heteroatoms. The van der Waals surface area contributed by atoms with Crippen LogP contribution in [0.25, 0.3) is 0 Å². The van der Waals surface area contributed by atoms with E-state index in [0.29, 0.717) is 11.7 Å². The number of hydrogen-bond acceptors (Lipinski definition) is 2. The van der Waals surface area contributed by atoms with E-state index in [-0.39, 0.29) is 6.04 Å². The van der Waals surface area contributed by atoms with Crippen LogP contribution in [-0.4, -0.2) is 30.3 Å². The van der Waals surface area contributed by atoms with E-state index in [1.807, 2.05) is 0 Å². The molecule has 1 aliphatic heterocycles. The number of ketones is 1. The zero-order chi connectivity index (χ0) is 8.01. The monoisotopic (exact) mass is 153 g/mol. The average Bonchev–Trinajstić information content (AvgIpc) is 2.64. The highest BCUT2D eigenvalue weighted by molar-refractivity contribution is 5.82. The van der Waals surface area contributed by atoms with Crippen molar-refractivity contribution in [3.05, 3.63) is 0 Å². The normalized spacial score (nSPS) is 43.3. The lowest BCUT2D eigenvalue weighted by molar-refractivity contribution is -0.123. The maximum Gasteiger partial charge on any atom is 0.147 e. The van der Waals surface area contributed by atoms with Crippen molar-refractivity contribution in [3.8, 4) is 0 Å². The molecule has 1 saturated carbocycles. The molecule has 2 rings (SSSR count). The SMILES string of the molecule is CC(=O)C1C2CC2CCN1C. The zero-order valence-corrected chi connectivity index (χ0v) is 7.21. The number of likely N-dealkylation sites (tertiary alicyclic amines) is 1. The minimum absolute atomic E-state index is 0.258. The Balaban J connectivity index is 2.09. The lowest BCUT2D eigenvalue weighted by Crippen LogP contribution is -2.42. The molecule has 0 spiro atoms. The smallest absolute Gasteiger partial charge is 0.147 e. The van der Waals surface area contributed by atoms with Gasteiger partial charge in [-0.3, -0.25) is 9.69 Å². The fourth-order valence-electron chi connectivity index (χ4n) is 2.44. The van der Waals surface area contributed by atoms with Crippen LogP contribution < -0.4 is 0 Å². The van der Waals surface area contributed by atoms with E-state index in [1.54, 1.807) is 6.92 Å². The number of carbonyl (C=O) groups is 1. The van der Waals surface area contributed by atoms with E-state index in [4.69, 9.17) is 0 Å². The molecule has 1 aliphatic carbocycles. The Bertz CT molecular complexity index is 188. The highest BCUT2D eigenvalue weighted by Crippen LogP contribution is 2.48. The van der Waals surface area contributed by atoms with Gasteiger partial charge in [0, 0.05) is 0 Å². The predicted molar refractivity (Wildman–Crippen MR) is 43.3 cm³/mol. The van der Waals surface area contributed by atoms with Crippen molar-refractivity contribution >= 4 is 5.78 Å². The minimum Gasteiger partial charge on any atom is -0.298 e. The third-order valence-corrected chi connectivity index (χ3v) is 3.13. The molecule has 1 heterocycles. The summed E-state index contributed by atoms with van der Waals surface area (Å²) in [5.74, 6) is 1.96. The van der Waals surface area contributed by atoms with Crippen molar-refractivity contribution < 1.29 is 4.79 Å². The van der Waals surface area contributed by atoms with Gasteiger partial charge in [-0.2, -0.15) is 0 Å². The minimum atomic E-state index is 0.258. The standard InChI is InChI=1S/C9H15NO/c1-6(11)9-8-5-7(8)3-4-10(9)2/h7-9H,3-5H2,1-2H3. The highest BCUT2D eigenvalue weighted by atomic mass is 16.1. The average molecular weight is 153 g/mol. The van der Waals surface area contributed by atoms with Gasteiger partial charge in [-0.25, -0.2) is 0 Å². The molecule has 0 N–H and O–H groups in total. The van der Waals surface area contributed by atoms with Gasteiger partial charge in [-0.15, -0.1) is 0 Å². The summed E-state index contributed by atoms with van der Waals surface area (Å²) in [6, 6.07) is 0.258. The number of piperidine rings is 1.